The summed E-state index contributed by atoms with van der Waals surface area (Å²) in [5, 5.41) is 30.4. The van der Waals surface area contributed by atoms with Crippen LogP contribution in [0.3, 0.4) is 0 Å². The average molecular weight is 840 g/mol. The van der Waals surface area contributed by atoms with Crippen LogP contribution in [0.4, 0.5) is 0 Å². The Labute approximate surface area is 350 Å². The van der Waals surface area contributed by atoms with Crippen LogP contribution in [0.1, 0.15) is 149 Å². The molecule has 334 valence electrons. The van der Waals surface area contributed by atoms with Gasteiger partial charge in [-0.2, -0.15) is 0 Å². The van der Waals surface area contributed by atoms with Crippen LogP contribution in [0.2, 0.25) is 0 Å². The van der Waals surface area contributed by atoms with E-state index in [1.807, 2.05) is 19.1 Å². The molecule has 0 bridgehead atoms. The molecule has 5 atom stereocenters. The van der Waals surface area contributed by atoms with Crippen molar-refractivity contribution in [2.45, 2.75) is 173 Å². The van der Waals surface area contributed by atoms with E-state index in [-0.39, 0.29) is 38.8 Å². The molecule has 1 unspecified atom stereocenters. The lowest BCUT2D eigenvalue weighted by molar-refractivity contribution is -0.161. The van der Waals surface area contributed by atoms with Crippen molar-refractivity contribution in [2.75, 3.05) is 26.4 Å². The highest BCUT2D eigenvalue weighted by atomic mass is 31.2. The number of allylic oxidation sites excluding steroid dienone is 9. The Morgan fingerprint density at radius 2 is 1.22 bits per heavy atom. The monoisotopic (exact) mass is 840 g/mol. The summed E-state index contributed by atoms with van der Waals surface area (Å²) in [6.07, 6.45) is 37.4. The lowest BCUT2D eigenvalue weighted by Gasteiger charge is -2.20. The molecule has 0 aliphatic carbocycles. The van der Waals surface area contributed by atoms with Crippen molar-refractivity contribution >= 4 is 19.8 Å². The molecule has 0 saturated carbocycles. The Bertz CT molecular complexity index is 1230. The summed E-state index contributed by atoms with van der Waals surface area (Å²) < 4.78 is 32.5. The molecule has 0 rings (SSSR count). The first-order chi connectivity index (χ1) is 28.0. The molecule has 58 heavy (non-hydrogen) atoms. The Kier molecular flexibility index (Phi) is 37.9. The molecule has 0 heterocycles. The Balaban J connectivity index is 4.49. The number of carbonyl (C=O) groups is 2. The predicted octanol–water partition coefficient (Wildman–Crippen LogP) is 9.19. The quantitative estimate of drug-likeness (QED) is 0.0130. The number of esters is 2. The van der Waals surface area contributed by atoms with Crippen LogP contribution in [0, 0.1) is 0 Å². The van der Waals surface area contributed by atoms with E-state index in [1.54, 1.807) is 42.5 Å². The standard InChI is InChI=1S/C45H78NO11P/c1-3-5-7-8-9-10-11-12-13-14-15-16-17-18-19-24-28-34-45(51)57-41(39-56-58(52,53)55-37-36-46)38-54-44(50)35-29-33-43(49)42(48)32-27-23-21-20-22-26-31-40(47)30-25-6-4-2/h6,12-13,20-23,25-27,31-32,40-43,47-49H,3-5,7-11,14-19,24,28-30,33-39,46H2,1-2H3,(H,52,53)/b13-12-,22-20+,23-21-,25-6-,31-26+,32-27-/t40-,41-,42+,43+/m1/s1. The summed E-state index contributed by atoms with van der Waals surface area (Å²) in [4.78, 5) is 34.9. The van der Waals surface area contributed by atoms with Crippen LogP contribution in [0.5, 0.6) is 0 Å². The molecule has 13 heteroatoms. The molecule has 0 aromatic carbocycles. The minimum absolute atomic E-state index is 0.000298. The first-order valence-electron chi connectivity index (χ1n) is 21.7. The topological polar surface area (TPSA) is 195 Å². The molecule has 12 nitrogen and oxygen atoms in total. The summed E-state index contributed by atoms with van der Waals surface area (Å²) in [6.45, 7) is 3.12. The first-order valence-corrected chi connectivity index (χ1v) is 23.2. The fraction of sp³-hybridized carbons (Fsp3) is 0.689. The van der Waals surface area contributed by atoms with Gasteiger partial charge in [-0.25, -0.2) is 4.57 Å². The van der Waals surface area contributed by atoms with E-state index < -0.39 is 57.4 Å². The number of nitrogens with two attached hydrogens (primary N) is 1. The van der Waals surface area contributed by atoms with Crippen molar-refractivity contribution in [1.29, 1.82) is 0 Å². The van der Waals surface area contributed by atoms with Gasteiger partial charge in [-0.1, -0.05) is 151 Å². The van der Waals surface area contributed by atoms with Crippen molar-refractivity contribution in [3.63, 3.8) is 0 Å². The van der Waals surface area contributed by atoms with E-state index in [4.69, 9.17) is 24.3 Å². The fourth-order valence-corrected chi connectivity index (χ4v) is 6.32. The van der Waals surface area contributed by atoms with Crippen molar-refractivity contribution in [1.82, 2.24) is 0 Å². The molecule has 0 amide bonds. The number of aliphatic hydroxyl groups excluding tert-OH is 3. The number of phosphoric ester groups is 1. The number of aliphatic hydroxyl groups is 3. The van der Waals surface area contributed by atoms with Crippen LogP contribution in [-0.2, 0) is 32.7 Å². The zero-order valence-electron chi connectivity index (χ0n) is 35.6. The molecule has 0 fully saturated rings. The van der Waals surface area contributed by atoms with E-state index in [0.29, 0.717) is 12.8 Å². The molecule has 0 aliphatic rings. The van der Waals surface area contributed by atoms with Gasteiger partial charge in [0.1, 0.15) is 6.61 Å². The molecule has 0 aliphatic heterocycles. The van der Waals surface area contributed by atoms with Gasteiger partial charge in [-0.15, -0.1) is 0 Å². The summed E-state index contributed by atoms with van der Waals surface area (Å²) in [5.74, 6) is -1.17. The number of hydrogen-bond donors (Lipinski definition) is 5. The average Bonchev–Trinajstić information content (AvgIpc) is 3.20. The third-order valence-corrected chi connectivity index (χ3v) is 9.90. The van der Waals surface area contributed by atoms with Crippen molar-refractivity contribution < 1.29 is 52.9 Å². The number of ether oxygens (including phenoxy) is 2. The van der Waals surface area contributed by atoms with E-state index in [1.165, 1.54) is 63.9 Å². The number of carbonyl (C=O) groups excluding carboxylic acids is 2. The number of rotatable bonds is 39. The SMILES string of the molecule is CC/C=C\C[C@@H](O)/C=C/C=C/C=C\C=C/[C@H](O)[C@@H](O)CCCC(=O)OC[C@H](COP(=O)(O)OCCN)OC(=O)CCCCCCCCC/C=C\CCCCCCCC. The Morgan fingerprint density at radius 3 is 1.84 bits per heavy atom. The minimum atomic E-state index is -4.47. The van der Waals surface area contributed by atoms with Crippen LogP contribution in [0.25, 0.3) is 0 Å². The highest BCUT2D eigenvalue weighted by Crippen LogP contribution is 2.43. The van der Waals surface area contributed by atoms with Crippen LogP contribution in [-0.4, -0.2) is 82.9 Å². The van der Waals surface area contributed by atoms with E-state index >= 15 is 0 Å². The second kappa shape index (κ2) is 39.8. The third kappa shape index (κ3) is 37.6. The summed E-state index contributed by atoms with van der Waals surface area (Å²) >= 11 is 0. The summed E-state index contributed by atoms with van der Waals surface area (Å²) in [6, 6.07) is 0. The van der Waals surface area contributed by atoms with Gasteiger partial charge < -0.3 is 35.4 Å². The van der Waals surface area contributed by atoms with Gasteiger partial charge in [0.25, 0.3) is 0 Å². The number of hydrogen-bond acceptors (Lipinski definition) is 11. The molecule has 0 saturated heterocycles. The third-order valence-electron chi connectivity index (χ3n) is 8.92. The van der Waals surface area contributed by atoms with Gasteiger partial charge in [0.2, 0.25) is 0 Å². The molecule has 6 N–H and O–H groups in total. The Hall–Kier alpha value is -2.67. The van der Waals surface area contributed by atoms with E-state index in [2.05, 4.69) is 19.1 Å². The van der Waals surface area contributed by atoms with Crippen molar-refractivity contribution in [3.05, 3.63) is 72.9 Å². The van der Waals surface area contributed by atoms with Gasteiger partial charge in [0, 0.05) is 19.4 Å². The second-order valence-electron chi connectivity index (χ2n) is 14.4. The van der Waals surface area contributed by atoms with Crippen molar-refractivity contribution in [3.8, 4) is 0 Å². The molecular weight excluding hydrogens is 761 g/mol. The van der Waals surface area contributed by atoms with Gasteiger partial charge >= 0.3 is 19.8 Å². The largest absolute Gasteiger partial charge is 0.472 e. The molecular formula is C45H78NO11P. The Morgan fingerprint density at radius 1 is 0.655 bits per heavy atom. The zero-order chi connectivity index (χ0) is 43.0. The van der Waals surface area contributed by atoms with E-state index in [0.717, 1.165) is 38.5 Å². The van der Waals surface area contributed by atoms with Gasteiger partial charge in [-0.3, -0.25) is 18.6 Å². The maximum Gasteiger partial charge on any atom is 0.472 e. The molecule has 0 aromatic heterocycles. The zero-order valence-corrected chi connectivity index (χ0v) is 36.5. The van der Waals surface area contributed by atoms with Crippen molar-refractivity contribution in [2.24, 2.45) is 5.73 Å². The first kappa shape index (κ1) is 55.3. The highest BCUT2D eigenvalue weighted by molar-refractivity contribution is 7.47. The fourth-order valence-electron chi connectivity index (χ4n) is 5.56. The summed E-state index contributed by atoms with van der Waals surface area (Å²) in [7, 11) is -4.47. The highest BCUT2D eigenvalue weighted by Gasteiger charge is 2.26. The van der Waals surface area contributed by atoms with Crippen LogP contribution in [0.15, 0.2) is 72.9 Å². The van der Waals surface area contributed by atoms with Gasteiger partial charge in [0.15, 0.2) is 6.10 Å². The summed E-state index contributed by atoms with van der Waals surface area (Å²) in [5.41, 5.74) is 5.33. The molecule has 0 radical (unpaired) electrons. The smallest absolute Gasteiger partial charge is 0.462 e. The van der Waals surface area contributed by atoms with Crippen LogP contribution >= 0.6 is 7.82 Å². The lowest BCUT2D eigenvalue weighted by atomic mass is 10.1. The van der Waals surface area contributed by atoms with E-state index in [9.17, 15) is 34.4 Å². The number of unbranched alkanes of at least 4 members (excludes halogenated alkanes) is 13. The number of phosphoric acid groups is 1. The minimum Gasteiger partial charge on any atom is -0.462 e. The van der Waals surface area contributed by atoms with Gasteiger partial charge in [-0.05, 0) is 57.8 Å². The van der Waals surface area contributed by atoms with Crippen LogP contribution < -0.4 is 5.73 Å². The lowest BCUT2D eigenvalue weighted by Crippen LogP contribution is -2.30. The van der Waals surface area contributed by atoms with Gasteiger partial charge in [0.05, 0.1) is 31.5 Å². The maximum atomic E-state index is 12.6. The molecule has 0 spiro atoms. The molecule has 0 aromatic rings. The normalized spacial score (nSPS) is 15.6. The maximum absolute atomic E-state index is 12.6. The predicted molar refractivity (Wildman–Crippen MR) is 233 cm³/mol. The second-order valence-corrected chi connectivity index (χ2v) is 15.8.